The largest absolute Gasteiger partial charge is 0.464 e. The molecule has 2 heterocycles. The van der Waals surface area contributed by atoms with Crippen molar-refractivity contribution in [3.63, 3.8) is 0 Å². The third kappa shape index (κ3) is 2.59. The standard InChI is InChI=1S/C15H20N2O4S/c1-9-7-13(9)14-6-5-12(20-14)8-17(4)22(18,19)15-10(2)16-21-11(15)3/h5-6,9,13H,7-8H2,1-4H3/t9-,13+/m1/s1. The van der Waals surface area contributed by atoms with Gasteiger partial charge in [0.2, 0.25) is 10.0 Å². The summed E-state index contributed by atoms with van der Waals surface area (Å²) < 4.78 is 37.3. The van der Waals surface area contributed by atoms with E-state index in [1.54, 1.807) is 13.8 Å². The lowest BCUT2D eigenvalue weighted by Crippen LogP contribution is -2.27. The average molecular weight is 324 g/mol. The predicted octanol–water partition coefficient (Wildman–Crippen LogP) is 2.83. The Kier molecular flexibility index (Phi) is 3.65. The van der Waals surface area contributed by atoms with Crippen LogP contribution >= 0.6 is 0 Å². The number of aryl methyl sites for hydroxylation is 2. The first-order valence-electron chi connectivity index (χ1n) is 7.28. The molecule has 6 nitrogen and oxygen atoms in total. The van der Waals surface area contributed by atoms with Gasteiger partial charge in [-0.15, -0.1) is 0 Å². The van der Waals surface area contributed by atoms with E-state index in [9.17, 15) is 8.42 Å². The molecule has 0 spiro atoms. The van der Waals surface area contributed by atoms with Crippen LogP contribution in [0.5, 0.6) is 0 Å². The van der Waals surface area contributed by atoms with Gasteiger partial charge in [-0.05, 0) is 38.3 Å². The van der Waals surface area contributed by atoms with Crippen LogP contribution in [0.15, 0.2) is 26.0 Å². The maximum Gasteiger partial charge on any atom is 0.248 e. The van der Waals surface area contributed by atoms with E-state index in [1.165, 1.54) is 11.4 Å². The van der Waals surface area contributed by atoms with Crippen LogP contribution in [0, 0.1) is 19.8 Å². The Morgan fingerprint density at radius 3 is 2.59 bits per heavy atom. The molecule has 7 heteroatoms. The van der Waals surface area contributed by atoms with Crippen LogP contribution < -0.4 is 0 Å². The molecule has 3 rings (SSSR count). The number of sulfonamides is 1. The number of nitrogens with zero attached hydrogens (tertiary/aromatic N) is 2. The number of furan rings is 1. The molecule has 1 saturated carbocycles. The topological polar surface area (TPSA) is 76.6 Å². The highest BCUT2D eigenvalue weighted by atomic mass is 32.2. The van der Waals surface area contributed by atoms with Crippen molar-refractivity contribution in [1.82, 2.24) is 9.46 Å². The number of hydrogen-bond donors (Lipinski definition) is 0. The third-order valence-corrected chi connectivity index (χ3v) is 6.22. The molecule has 0 saturated heterocycles. The van der Waals surface area contributed by atoms with Gasteiger partial charge in [-0.1, -0.05) is 12.1 Å². The minimum Gasteiger partial charge on any atom is -0.464 e. The highest BCUT2D eigenvalue weighted by Crippen LogP contribution is 2.47. The molecule has 0 bridgehead atoms. The molecular weight excluding hydrogens is 304 g/mol. The molecule has 0 amide bonds. The maximum atomic E-state index is 12.6. The molecule has 2 atom stereocenters. The van der Waals surface area contributed by atoms with Gasteiger partial charge in [0, 0.05) is 13.0 Å². The molecular formula is C15H20N2O4S. The Labute approximate surface area is 130 Å². The lowest BCUT2D eigenvalue weighted by molar-refractivity contribution is 0.383. The van der Waals surface area contributed by atoms with Gasteiger partial charge in [-0.3, -0.25) is 0 Å². The molecule has 2 aromatic heterocycles. The zero-order chi connectivity index (χ0) is 16.1. The summed E-state index contributed by atoms with van der Waals surface area (Å²) in [5, 5.41) is 3.71. The van der Waals surface area contributed by atoms with Gasteiger partial charge >= 0.3 is 0 Å². The molecule has 1 fully saturated rings. The van der Waals surface area contributed by atoms with Gasteiger partial charge < -0.3 is 8.94 Å². The smallest absolute Gasteiger partial charge is 0.248 e. The monoisotopic (exact) mass is 324 g/mol. The van der Waals surface area contributed by atoms with Gasteiger partial charge in [0.05, 0.1) is 6.54 Å². The maximum absolute atomic E-state index is 12.6. The van der Waals surface area contributed by atoms with Crippen LogP contribution in [0.2, 0.25) is 0 Å². The third-order valence-electron chi connectivity index (χ3n) is 4.17. The van der Waals surface area contributed by atoms with E-state index in [1.807, 2.05) is 12.1 Å². The van der Waals surface area contributed by atoms with Crippen LogP contribution in [0.4, 0.5) is 0 Å². The van der Waals surface area contributed by atoms with Crippen LogP contribution in [0.25, 0.3) is 0 Å². The van der Waals surface area contributed by atoms with E-state index in [4.69, 9.17) is 8.94 Å². The Morgan fingerprint density at radius 2 is 2.05 bits per heavy atom. The zero-order valence-electron chi connectivity index (χ0n) is 13.2. The van der Waals surface area contributed by atoms with Crippen molar-refractivity contribution in [3.8, 4) is 0 Å². The second-order valence-corrected chi connectivity index (χ2v) is 8.02. The number of aromatic nitrogens is 1. The summed E-state index contributed by atoms with van der Waals surface area (Å²) in [5.74, 6) is 3.04. The molecule has 0 aliphatic heterocycles. The highest BCUT2D eigenvalue weighted by Gasteiger charge is 2.37. The van der Waals surface area contributed by atoms with Crippen molar-refractivity contribution in [3.05, 3.63) is 35.1 Å². The second-order valence-electron chi connectivity index (χ2n) is 6.04. The normalized spacial score (nSPS) is 21.5. The summed E-state index contributed by atoms with van der Waals surface area (Å²) in [6.07, 6.45) is 1.14. The van der Waals surface area contributed by atoms with E-state index in [0.717, 1.165) is 12.2 Å². The molecule has 22 heavy (non-hydrogen) atoms. The van der Waals surface area contributed by atoms with Gasteiger partial charge in [0.15, 0.2) is 5.76 Å². The van der Waals surface area contributed by atoms with Crippen molar-refractivity contribution in [1.29, 1.82) is 0 Å². The summed E-state index contributed by atoms with van der Waals surface area (Å²) >= 11 is 0. The quantitative estimate of drug-likeness (QED) is 0.845. The summed E-state index contributed by atoms with van der Waals surface area (Å²) in [6, 6.07) is 3.79. The van der Waals surface area contributed by atoms with E-state index in [-0.39, 0.29) is 11.4 Å². The first-order chi connectivity index (χ1) is 10.3. The van der Waals surface area contributed by atoms with Gasteiger partial charge in [-0.2, -0.15) is 4.31 Å². The molecule has 0 N–H and O–H groups in total. The Balaban J connectivity index is 1.79. The summed E-state index contributed by atoms with van der Waals surface area (Å²) in [5.41, 5.74) is 0.372. The second kappa shape index (κ2) is 5.24. The zero-order valence-corrected chi connectivity index (χ0v) is 14.0. The van der Waals surface area contributed by atoms with Crippen molar-refractivity contribution in [2.24, 2.45) is 5.92 Å². The molecule has 1 aliphatic carbocycles. The molecule has 0 radical (unpaired) electrons. The van der Waals surface area contributed by atoms with Crippen LogP contribution in [-0.4, -0.2) is 24.9 Å². The Morgan fingerprint density at radius 1 is 1.36 bits per heavy atom. The van der Waals surface area contributed by atoms with Gasteiger partial charge in [0.1, 0.15) is 22.1 Å². The summed E-state index contributed by atoms with van der Waals surface area (Å²) in [7, 11) is -2.11. The number of hydrogen-bond acceptors (Lipinski definition) is 5. The summed E-state index contributed by atoms with van der Waals surface area (Å²) in [6.45, 7) is 5.59. The van der Waals surface area contributed by atoms with Crippen LogP contribution in [0.1, 0.15) is 42.2 Å². The Hall–Kier alpha value is -1.60. The number of rotatable bonds is 5. The van der Waals surface area contributed by atoms with Crippen molar-refractivity contribution in [2.45, 2.75) is 44.6 Å². The fourth-order valence-corrected chi connectivity index (χ4v) is 4.12. The minimum absolute atomic E-state index is 0.137. The molecule has 0 unspecified atom stereocenters. The fraction of sp³-hybridized carbons (Fsp3) is 0.533. The predicted molar refractivity (Wildman–Crippen MR) is 79.9 cm³/mol. The molecule has 0 aromatic carbocycles. The van der Waals surface area contributed by atoms with E-state index in [2.05, 4.69) is 12.1 Å². The van der Waals surface area contributed by atoms with E-state index < -0.39 is 10.0 Å². The minimum atomic E-state index is -3.64. The summed E-state index contributed by atoms with van der Waals surface area (Å²) in [4.78, 5) is 0.137. The first-order valence-corrected chi connectivity index (χ1v) is 8.72. The molecule has 1 aliphatic rings. The van der Waals surface area contributed by atoms with Crippen molar-refractivity contribution < 1.29 is 17.4 Å². The van der Waals surface area contributed by atoms with Gasteiger partial charge in [-0.25, -0.2) is 8.42 Å². The van der Waals surface area contributed by atoms with Crippen LogP contribution in [0.3, 0.4) is 0 Å². The Bertz CT molecular complexity index is 771. The SMILES string of the molecule is Cc1noc(C)c1S(=O)(=O)N(C)Cc1ccc([C@H]2C[C@H]2C)o1. The van der Waals surface area contributed by atoms with Crippen LogP contribution in [-0.2, 0) is 16.6 Å². The highest BCUT2D eigenvalue weighted by molar-refractivity contribution is 7.89. The van der Waals surface area contributed by atoms with E-state index >= 15 is 0 Å². The lowest BCUT2D eigenvalue weighted by atomic mass is 10.3. The van der Waals surface area contributed by atoms with Crippen molar-refractivity contribution >= 4 is 10.0 Å². The van der Waals surface area contributed by atoms with E-state index in [0.29, 0.717) is 29.1 Å². The van der Waals surface area contributed by atoms with Crippen molar-refractivity contribution in [2.75, 3.05) is 7.05 Å². The first kappa shape index (κ1) is 15.3. The fourth-order valence-electron chi connectivity index (χ4n) is 2.70. The van der Waals surface area contributed by atoms with Gasteiger partial charge in [0.25, 0.3) is 0 Å². The molecule has 2 aromatic rings. The molecule has 120 valence electrons. The lowest BCUT2D eigenvalue weighted by Gasteiger charge is -2.15. The average Bonchev–Trinajstić information content (AvgIpc) is 2.84.